The molecule has 0 aromatic carbocycles. The van der Waals surface area contributed by atoms with E-state index in [2.05, 4.69) is 4.98 Å². The Kier molecular flexibility index (Phi) is 2.28. The smallest absolute Gasteiger partial charge is 0.337 e. The number of pyridine rings is 1. The van der Waals surface area contributed by atoms with Crippen molar-refractivity contribution in [3.63, 3.8) is 0 Å². The molecule has 0 amide bonds. The lowest BCUT2D eigenvalue weighted by Gasteiger charge is -1.96. The lowest BCUT2D eigenvalue weighted by molar-refractivity contribution is 0.0696. The lowest BCUT2D eigenvalue weighted by atomic mass is 10.2. The minimum Gasteiger partial charge on any atom is -0.478 e. The molecule has 14 heavy (non-hydrogen) atoms. The van der Waals surface area contributed by atoms with Gasteiger partial charge >= 0.3 is 5.97 Å². The van der Waals surface area contributed by atoms with Crippen molar-refractivity contribution in [2.45, 2.75) is 0 Å². The first-order valence-electron chi connectivity index (χ1n) is 4.00. The molecule has 1 N–H and O–H groups in total. The van der Waals surface area contributed by atoms with Crippen molar-refractivity contribution >= 4 is 17.3 Å². The predicted octanol–water partition coefficient (Wildman–Crippen LogP) is 2.51. The van der Waals surface area contributed by atoms with Gasteiger partial charge in [-0.25, -0.2) is 4.79 Å². The minimum absolute atomic E-state index is 0.213. The lowest BCUT2D eigenvalue weighted by Crippen LogP contribution is -1.96. The Morgan fingerprint density at radius 2 is 2.21 bits per heavy atom. The van der Waals surface area contributed by atoms with Crippen LogP contribution in [0.2, 0.25) is 0 Å². The van der Waals surface area contributed by atoms with Crippen LogP contribution in [0.5, 0.6) is 0 Å². The Morgan fingerprint density at radius 3 is 2.71 bits per heavy atom. The molecule has 0 aliphatic rings. The normalized spacial score (nSPS) is 10.0. The molecule has 0 saturated carbocycles. The third kappa shape index (κ3) is 1.65. The number of hydrogen-bond donors (Lipinski definition) is 1. The molecule has 2 rings (SSSR count). The molecular formula is C10H7NO2S. The summed E-state index contributed by atoms with van der Waals surface area (Å²) < 4.78 is 0. The Morgan fingerprint density at radius 1 is 1.36 bits per heavy atom. The van der Waals surface area contributed by atoms with E-state index < -0.39 is 5.97 Å². The molecule has 4 heteroatoms. The second-order valence-corrected chi connectivity index (χ2v) is 3.66. The summed E-state index contributed by atoms with van der Waals surface area (Å²) in [5.41, 5.74) is 1.02. The van der Waals surface area contributed by atoms with E-state index in [1.54, 1.807) is 23.5 Å². The van der Waals surface area contributed by atoms with Crippen molar-refractivity contribution in [2.75, 3.05) is 0 Å². The molecule has 0 bridgehead atoms. The van der Waals surface area contributed by atoms with Crippen molar-refractivity contribution in [3.8, 4) is 10.6 Å². The highest BCUT2D eigenvalue weighted by Crippen LogP contribution is 2.22. The fourth-order valence-electron chi connectivity index (χ4n) is 1.09. The van der Waals surface area contributed by atoms with Crippen LogP contribution in [0, 0.1) is 0 Å². The maximum atomic E-state index is 10.6. The van der Waals surface area contributed by atoms with E-state index >= 15 is 0 Å². The van der Waals surface area contributed by atoms with Crippen molar-refractivity contribution in [3.05, 3.63) is 41.4 Å². The van der Waals surface area contributed by atoms with Crippen LogP contribution in [0.4, 0.5) is 0 Å². The number of carboxylic acid groups (broad SMARTS) is 1. The minimum atomic E-state index is -0.949. The molecule has 0 fully saturated rings. The van der Waals surface area contributed by atoms with E-state index in [0.717, 1.165) is 10.6 Å². The highest BCUT2D eigenvalue weighted by Gasteiger charge is 2.04. The Labute approximate surface area is 84.7 Å². The van der Waals surface area contributed by atoms with Crippen LogP contribution in [-0.2, 0) is 0 Å². The third-order valence-electron chi connectivity index (χ3n) is 1.78. The Hall–Kier alpha value is -1.68. The van der Waals surface area contributed by atoms with E-state index in [1.807, 2.05) is 17.5 Å². The molecule has 2 aromatic rings. The Bertz CT molecular complexity index is 434. The monoisotopic (exact) mass is 205 g/mol. The van der Waals surface area contributed by atoms with Gasteiger partial charge in [0.1, 0.15) is 0 Å². The molecule has 0 radical (unpaired) electrons. The van der Waals surface area contributed by atoms with Gasteiger partial charge in [-0.15, -0.1) is 11.3 Å². The van der Waals surface area contributed by atoms with Crippen LogP contribution in [-0.4, -0.2) is 16.1 Å². The molecule has 0 spiro atoms. The second-order valence-electron chi connectivity index (χ2n) is 2.71. The van der Waals surface area contributed by atoms with E-state index in [1.165, 1.54) is 6.20 Å². The summed E-state index contributed by atoms with van der Waals surface area (Å²) in [5, 5.41) is 10.6. The summed E-state index contributed by atoms with van der Waals surface area (Å²) in [5.74, 6) is -0.949. The van der Waals surface area contributed by atoms with E-state index in [9.17, 15) is 4.79 Å². The molecule has 0 aliphatic heterocycles. The topological polar surface area (TPSA) is 50.2 Å². The van der Waals surface area contributed by atoms with Gasteiger partial charge < -0.3 is 5.11 Å². The predicted molar refractivity (Wildman–Crippen MR) is 54.5 cm³/mol. The van der Waals surface area contributed by atoms with Gasteiger partial charge in [-0.3, -0.25) is 4.98 Å². The van der Waals surface area contributed by atoms with Gasteiger partial charge in [0, 0.05) is 6.20 Å². The second kappa shape index (κ2) is 3.59. The number of aromatic nitrogens is 1. The average Bonchev–Trinajstić information content (AvgIpc) is 2.71. The van der Waals surface area contributed by atoms with Gasteiger partial charge in [0.2, 0.25) is 0 Å². The maximum absolute atomic E-state index is 10.6. The van der Waals surface area contributed by atoms with Gasteiger partial charge in [0.25, 0.3) is 0 Å². The number of nitrogens with zero attached hydrogens (tertiary/aromatic N) is 1. The number of thiophene rings is 1. The van der Waals surface area contributed by atoms with E-state index in [-0.39, 0.29) is 5.56 Å². The quantitative estimate of drug-likeness (QED) is 0.819. The highest BCUT2D eigenvalue weighted by atomic mass is 32.1. The molecule has 70 valence electrons. The first-order valence-corrected chi connectivity index (χ1v) is 4.88. The molecule has 0 unspecified atom stereocenters. The average molecular weight is 205 g/mol. The van der Waals surface area contributed by atoms with Crippen LogP contribution < -0.4 is 0 Å². The first kappa shape index (κ1) is 8.90. The largest absolute Gasteiger partial charge is 0.478 e. The number of carboxylic acids is 1. The molecule has 2 aromatic heterocycles. The van der Waals surface area contributed by atoms with Crippen LogP contribution in [0.25, 0.3) is 10.6 Å². The SMILES string of the molecule is O=C(O)c1ccc(-c2cccs2)nc1. The third-order valence-corrected chi connectivity index (χ3v) is 2.68. The zero-order valence-electron chi connectivity index (χ0n) is 7.18. The summed E-state index contributed by atoms with van der Waals surface area (Å²) in [7, 11) is 0. The van der Waals surface area contributed by atoms with Crippen molar-refractivity contribution in [2.24, 2.45) is 0 Å². The molecule has 3 nitrogen and oxygen atoms in total. The summed E-state index contributed by atoms with van der Waals surface area (Å²) in [6.45, 7) is 0. The zero-order valence-corrected chi connectivity index (χ0v) is 7.99. The Balaban J connectivity index is 2.36. The summed E-state index contributed by atoms with van der Waals surface area (Å²) in [6.07, 6.45) is 1.37. The van der Waals surface area contributed by atoms with Crippen LogP contribution in [0.1, 0.15) is 10.4 Å². The molecule has 2 heterocycles. The van der Waals surface area contributed by atoms with E-state index in [0.29, 0.717) is 0 Å². The number of rotatable bonds is 2. The zero-order chi connectivity index (χ0) is 9.97. The van der Waals surface area contributed by atoms with Crippen LogP contribution >= 0.6 is 11.3 Å². The maximum Gasteiger partial charge on any atom is 0.337 e. The number of carbonyl (C=O) groups is 1. The fourth-order valence-corrected chi connectivity index (χ4v) is 1.79. The van der Waals surface area contributed by atoms with Gasteiger partial charge in [-0.1, -0.05) is 6.07 Å². The van der Waals surface area contributed by atoms with Gasteiger partial charge in [0.05, 0.1) is 16.1 Å². The highest BCUT2D eigenvalue weighted by molar-refractivity contribution is 7.13. The molecule has 0 aliphatic carbocycles. The van der Waals surface area contributed by atoms with Crippen molar-refractivity contribution < 1.29 is 9.90 Å². The number of hydrogen-bond acceptors (Lipinski definition) is 3. The molecular weight excluding hydrogens is 198 g/mol. The van der Waals surface area contributed by atoms with Crippen LogP contribution in [0.3, 0.4) is 0 Å². The van der Waals surface area contributed by atoms with Gasteiger partial charge in [-0.2, -0.15) is 0 Å². The van der Waals surface area contributed by atoms with Crippen molar-refractivity contribution in [1.29, 1.82) is 0 Å². The fraction of sp³-hybridized carbons (Fsp3) is 0. The van der Waals surface area contributed by atoms with Gasteiger partial charge in [-0.05, 0) is 23.6 Å². The van der Waals surface area contributed by atoms with Gasteiger partial charge in [0.15, 0.2) is 0 Å². The van der Waals surface area contributed by atoms with Crippen LogP contribution in [0.15, 0.2) is 35.8 Å². The first-order chi connectivity index (χ1) is 6.77. The van der Waals surface area contributed by atoms with E-state index in [4.69, 9.17) is 5.11 Å². The number of aromatic carboxylic acids is 1. The molecule has 0 atom stereocenters. The van der Waals surface area contributed by atoms with Crippen molar-refractivity contribution in [1.82, 2.24) is 4.98 Å². The molecule has 0 saturated heterocycles. The summed E-state index contributed by atoms with van der Waals surface area (Å²) in [6, 6.07) is 7.17. The summed E-state index contributed by atoms with van der Waals surface area (Å²) in [4.78, 5) is 15.7. The summed E-state index contributed by atoms with van der Waals surface area (Å²) >= 11 is 1.58. The standard InChI is InChI=1S/C10H7NO2S/c12-10(13)7-3-4-8(11-6-7)9-2-1-5-14-9/h1-6H,(H,12,13).